The van der Waals surface area contributed by atoms with Crippen molar-refractivity contribution in [2.75, 3.05) is 13.1 Å². The van der Waals surface area contributed by atoms with Crippen LogP contribution in [0.15, 0.2) is 0 Å². The fourth-order valence-electron chi connectivity index (χ4n) is 2.49. The average Bonchev–Trinajstić information content (AvgIpc) is 3.01. The van der Waals surface area contributed by atoms with Gasteiger partial charge in [-0.15, -0.1) is 0 Å². The van der Waals surface area contributed by atoms with Crippen molar-refractivity contribution in [3.8, 4) is 0 Å². The molecule has 1 saturated carbocycles. The van der Waals surface area contributed by atoms with E-state index in [0.29, 0.717) is 11.4 Å². The summed E-state index contributed by atoms with van der Waals surface area (Å²) >= 11 is 4.91. The van der Waals surface area contributed by atoms with E-state index in [1.165, 1.54) is 12.8 Å². The molecule has 17 heavy (non-hydrogen) atoms. The van der Waals surface area contributed by atoms with Crippen LogP contribution in [0.5, 0.6) is 0 Å². The van der Waals surface area contributed by atoms with Gasteiger partial charge in [-0.25, -0.2) is 0 Å². The van der Waals surface area contributed by atoms with Gasteiger partial charge in [0.1, 0.15) is 0 Å². The Morgan fingerprint density at radius 1 is 1.53 bits per heavy atom. The molecule has 2 fully saturated rings. The normalized spacial score (nSPS) is 26.8. The molecule has 1 heterocycles. The van der Waals surface area contributed by atoms with Crippen molar-refractivity contribution < 1.29 is 4.79 Å². The molecule has 2 rings (SSSR count). The van der Waals surface area contributed by atoms with Crippen LogP contribution in [0, 0.1) is 5.92 Å². The number of likely N-dealkylation sites (tertiary alicyclic amines) is 1. The number of carbonyl (C=O) groups excluding carboxylic acids is 1. The summed E-state index contributed by atoms with van der Waals surface area (Å²) in [6.45, 7) is 4.04. The fraction of sp³-hybridized carbons (Fsp3) is 0.833. The Morgan fingerprint density at radius 2 is 2.24 bits per heavy atom. The fourth-order valence-corrected chi connectivity index (χ4v) is 2.77. The summed E-state index contributed by atoms with van der Waals surface area (Å²) in [5.74, 6) is -0.303. The van der Waals surface area contributed by atoms with Gasteiger partial charge in [-0.2, -0.15) is 0 Å². The Morgan fingerprint density at radius 3 is 2.76 bits per heavy atom. The Bertz CT molecular complexity index is 317. The number of nitrogens with zero attached hydrogens (tertiary/aromatic N) is 1. The first-order valence-electron chi connectivity index (χ1n) is 6.45. The van der Waals surface area contributed by atoms with Gasteiger partial charge in [0.2, 0.25) is 5.91 Å². The molecule has 0 spiro atoms. The summed E-state index contributed by atoms with van der Waals surface area (Å²) in [5, 5.41) is 3.08. The lowest BCUT2D eigenvalue weighted by Crippen LogP contribution is -2.44. The first kappa shape index (κ1) is 12.8. The van der Waals surface area contributed by atoms with E-state index in [1.807, 2.05) is 6.92 Å². The third kappa shape index (κ3) is 3.16. The van der Waals surface area contributed by atoms with E-state index in [-0.39, 0.29) is 17.9 Å². The van der Waals surface area contributed by atoms with Gasteiger partial charge >= 0.3 is 0 Å². The third-order valence-electron chi connectivity index (χ3n) is 3.70. The SMILES string of the molecule is CCC(C(=O)NC1CCN(C2CC2)C1)C(N)=S. The highest BCUT2D eigenvalue weighted by Gasteiger charge is 2.35. The maximum absolute atomic E-state index is 12.0. The van der Waals surface area contributed by atoms with Gasteiger partial charge in [0.25, 0.3) is 0 Å². The van der Waals surface area contributed by atoms with E-state index in [4.69, 9.17) is 18.0 Å². The molecule has 0 aromatic rings. The molecule has 3 N–H and O–H groups in total. The van der Waals surface area contributed by atoms with Gasteiger partial charge in [0.05, 0.1) is 10.9 Å². The lowest BCUT2D eigenvalue weighted by atomic mass is 10.1. The van der Waals surface area contributed by atoms with Gasteiger partial charge in [-0.05, 0) is 25.7 Å². The van der Waals surface area contributed by atoms with Gasteiger partial charge in [-0.3, -0.25) is 9.69 Å². The first-order valence-corrected chi connectivity index (χ1v) is 6.86. The van der Waals surface area contributed by atoms with Crippen LogP contribution in [-0.4, -0.2) is 41.0 Å². The topological polar surface area (TPSA) is 58.4 Å². The molecule has 0 aromatic carbocycles. The molecule has 1 amide bonds. The molecule has 0 radical (unpaired) electrons. The maximum Gasteiger partial charge on any atom is 0.230 e. The first-order chi connectivity index (χ1) is 8.11. The lowest BCUT2D eigenvalue weighted by molar-refractivity contribution is -0.123. The van der Waals surface area contributed by atoms with Gasteiger partial charge in [0.15, 0.2) is 0 Å². The minimum absolute atomic E-state index is 0.00245. The van der Waals surface area contributed by atoms with Crippen molar-refractivity contribution in [1.82, 2.24) is 10.2 Å². The zero-order valence-electron chi connectivity index (χ0n) is 10.3. The highest BCUT2D eigenvalue weighted by Crippen LogP contribution is 2.29. The molecular weight excluding hydrogens is 234 g/mol. The van der Waals surface area contributed by atoms with Crippen LogP contribution in [0.25, 0.3) is 0 Å². The monoisotopic (exact) mass is 255 g/mol. The van der Waals surface area contributed by atoms with E-state index in [0.717, 1.165) is 25.6 Å². The minimum Gasteiger partial charge on any atom is -0.393 e. The highest BCUT2D eigenvalue weighted by atomic mass is 32.1. The highest BCUT2D eigenvalue weighted by molar-refractivity contribution is 7.80. The maximum atomic E-state index is 12.0. The summed E-state index contributed by atoms with van der Waals surface area (Å²) in [4.78, 5) is 14.8. The van der Waals surface area contributed by atoms with Crippen LogP contribution in [0.4, 0.5) is 0 Å². The summed E-state index contributed by atoms with van der Waals surface area (Å²) < 4.78 is 0. The predicted molar refractivity (Wildman–Crippen MR) is 71.7 cm³/mol. The van der Waals surface area contributed by atoms with Crippen LogP contribution in [0.3, 0.4) is 0 Å². The van der Waals surface area contributed by atoms with Crippen molar-refractivity contribution in [2.45, 2.75) is 44.7 Å². The van der Waals surface area contributed by atoms with Crippen molar-refractivity contribution in [3.63, 3.8) is 0 Å². The van der Waals surface area contributed by atoms with Crippen LogP contribution in [0.1, 0.15) is 32.6 Å². The Balaban J connectivity index is 1.80. The van der Waals surface area contributed by atoms with E-state index in [9.17, 15) is 4.79 Å². The number of nitrogens with one attached hydrogen (secondary N) is 1. The smallest absolute Gasteiger partial charge is 0.230 e. The van der Waals surface area contributed by atoms with Gasteiger partial charge < -0.3 is 11.1 Å². The molecule has 2 aliphatic rings. The predicted octanol–water partition coefficient (Wildman–Crippen LogP) is 0.652. The number of carbonyl (C=O) groups is 1. The van der Waals surface area contributed by atoms with Gasteiger partial charge in [-0.1, -0.05) is 19.1 Å². The minimum atomic E-state index is -0.306. The lowest BCUT2D eigenvalue weighted by Gasteiger charge is -2.19. The summed E-state index contributed by atoms with van der Waals surface area (Å²) in [6.07, 6.45) is 4.38. The van der Waals surface area contributed by atoms with Crippen molar-refractivity contribution in [1.29, 1.82) is 0 Å². The van der Waals surface area contributed by atoms with Crippen molar-refractivity contribution >= 4 is 23.1 Å². The molecule has 1 aliphatic carbocycles. The standard InChI is InChI=1S/C12H21N3OS/c1-2-10(11(13)17)12(16)14-8-5-6-15(7-8)9-3-4-9/h8-10H,2-7H2,1H3,(H2,13,17)(H,14,16). The molecule has 5 heteroatoms. The molecule has 2 unspecified atom stereocenters. The second-order valence-corrected chi connectivity index (χ2v) is 5.55. The zero-order chi connectivity index (χ0) is 12.4. The van der Waals surface area contributed by atoms with E-state index in [1.54, 1.807) is 0 Å². The molecule has 96 valence electrons. The van der Waals surface area contributed by atoms with Crippen LogP contribution < -0.4 is 11.1 Å². The summed E-state index contributed by atoms with van der Waals surface area (Å²) in [7, 11) is 0. The quantitative estimate of drug-likeness (QED) is 0.708. The molecule has 1 aliphatic heterocycles. The number of amides is 1. The molecule has 0 bridgehead atoms. The third-order valence-corrected chi connectivity index (χ3v) is 3.98. The number of hydrogen-bond acceptors (Lipinski definition) is 3. The summed E-state index contributed by atoms with van der Waals surface area (Å²) in [5.41, 5.74) is 5.57. The zero-order valence-corrected chi connectivity index (χ0v) is 11.1. The molecule has 0 aromatic heterocycles. The largest absolute Gasteiger partial charge is 0.393 e. The summed E-state index contributed by atoms with van der Waals surface area (Å²) in [6, 6.07) is 1.07. The van der Waals surface area contributed by atoms with Gasteiger partial charge in [0, 0.05) is 25.2 Å². The van der Waals surface area contributed by atoms with E-state index >= 15 is 0 Å². The Hall–Kier alpha value is -0.680. The Kier molecular flexibility index (Phi) is 3.99. The molecule has 2 atom stereocenters. The number of rotatable bonds is 5. The van der Waals surface area contributed by atoms with Crippen molar-refractivity contribution in [3.05, 3.63) is 0 Å². The Labute approximate surface area is 108 Å². The second kappa shape index (κ2) is 5.31. The molecule has 4 nitrogen and oxygen atoms in total. The molecule has 1 saturated heterocycles. The van der Waals surface area contributed by atoms with Crippen LogP contribution in [-0.2, 0) is 4.79 Å². The van der Waals surface area contributed by atoms with Crippen LogP contribution in [0.2, 0.25) is 0 Å². The van der Waals surface area contributed by atoms with E-state index < -0.39 is 0 Å². The van der Waals surface area contributed by atoms with Crippen molar-refractivity contribution in [2.24, 2.45) is 11.7 Å². The number of hydrogen-bond donors (Lipinski definition) is 2. The molecular formula is C12H21N3OS. The van der Waals surface area contributed by atoms with Crippen LogP contribution >= 0.6 is 12.2 Å². The van der Waals surface area contributed by atoms with E-state index in [2.05, 4.69) is 10.2 Å². The second-order valence-electron chi connectivity index (χ2n) is 5.08. The average molecular weight is 255 g/mol. The number of thiocarbonyl (C=S) groups is 1. The number of nitrogens with two attached hydrogens (primary N) is 1.